The first-order chi connectivity index (χ1) is 16.7. The summed E-state index contributed by atoms with van der Waals surface area (Å²) in [6, 6.07) is 14.0. The molecular weight excluding hydrogens is 489 g/mol. The summed E-state index contributed by atoms with van der Waals surface area (Å²) in [4.78, 5) is 20.7. The van der Waals surface area contributed by atoms with Crippen LogP contribution < -0.4 is 16.0 Å². The van der Waals surface area contributed by atoms with Gasteiger partial charge in [0.25, 0.3) is 0 Å². The molecule has 0 saturated heterocycles. The number of aromatic carboxylic acids is 1. The van der Waals surface area contributed by atoms with E-state index in [0.29, 0.717) is 62.5 Å². The third-order valence-corrected chi connectivity index (χ3v) is 5.78. The van der Waals surface area contributed by atoms with Gasteiger partial charge in [0.1, 0.15) is 23.0 Å². The molecule has 10 heteroatoms. The summed E-state index contributed by atoms with van der Waals surface area (Å²) in [5, 5.41) is 20.2. The zero-order chi connectivity index (χ0) is 25.1. The number of benzene rings is 2. The maximum absolute atomic E-state index is 11.8. The van der Waals surface area contributed by atoms with E-state index in [1.807, 2.05) is 25.1 Å². The topological polar surface area (TPSA) is 112 Å². The lowest BCUT2D eigenvalue weighted by Gasteiger charge is -2.17. The molecule has 0 unspecified atom stereocenters. The first kappa shape index (κ1) is 24.4. The molecule has 0 radical (unpaired) electrons. The normalized spacial score (nSPS) is 10.8. The van der Waals surface area contributed by atoms with Crippen molar-refractivity contribution in [2.75, 3.05) is 23.0 Å². The minimum atomic E-state index is -1.03. The summed E-state index contributed by atoms with van der Waals surface area (Å²) in [5.41, 5.74) is 2.67. The first-order valence-electron chi connectivity index (χ1n) is 10.7. The third kappa shape index (κ3) is 5.50. The van der Waals surface area contributed by atoms with Gasteiger partial charge in [0.2, 0.25) is 0 Å². The van der Waals surface area contributed by atoms with Crippen molar-refractivity contribution in [1.29, 1.82) is 0 Å². The van der Waals surface area contributed by atoms with Crippen molar-refractivity contribution in [2.45, 2.75) is 20.4 Å². The number of aromatic nitrogens is 2. The van der Waals surface area contributed by atoms with E-state index in [2.05, 4.69) is 25.9 Å². The number of carboxylic acids is 1. The van der Waals surface area contributed by atoms with Crippen LogP contribution in [0.3, 0.4) is 0 Å². The third-order valence-electron chi connectivity index (χ3n) is 5.21. The van der Waals surface area contributed by atoms with Crippen LogP contribution in [0.5, 0.6) is 0 Å². The molecule has 2 heterocycles. The smallest absolute Gasteiger partial charge is 0.337 e. The number of furan rings is 1. The van der Waals surface area contributed by atoms with Crippen LogP contribution in [0, 0.1) is 13.8 Å². The van der Waals surface area contributed by atoms with Crippen LogP contribution >= 0.6 is 23.2 Å². The molecule has 4 aromatic rings. The van der Waals surface area contributed by atoms with Crippen molar-refractivity contribution in [1.82, 2.24) is 9.97 Å². The number of aryl methyl sites for hydroxylation is 2. The van der Waals surface area contributed by atoms with Crippen molar-refractivity contribution in [2.24, 2.45) is 0 Å². The van der Waals surface area contributed by atoms with Crippen molar-refractivity contribution >= 4 is 52.2 Å². The Bertz CT molecular complexity index is 1400. The SMILES string of the molecule is CNc1nc(C)nc(Nc2ccc(C)cc2C(=O)O)c1NCc1ccc(-c2cc(Cl)ccc2Cl)o1. The quantitative estimate of drug-likeness (QED) is 0.205. The summed E-state index contributed by atoms with van der Waals surface area (Å²) in [6.07, 6.45) is 0. The van der Waals surface area contributed by atoms with E-state index in [1.54, 1.807) is 44.3 Å². The van der Waals surface area contributed by atoms with Crippen LogP contribution in [0.25, 0.3) is 11.3 Å². The number of hydrogen-bond acceptors (Lipinski definition) is 7. The summed E-state index contributed by atoms with van der Waals surface area (Å²) < 4.78 is 5.98. The molecule has 8 nitrogen and oxygen atoms in total. The number of rotatable bonds is 8. The highest BCUT2D eigenvalue weighted by atomic mass is 35.5. The van der Waals surface area contributed by atoms with Crippen molar-refractivity contribution in [3.63, 3.8) is 0 Å². The summed E-state index contributed by atoms with van der Waals surface area (Å²) in [7, 11) is 1.75. The molecule has 0 bridgehead atoms. The molecule has 2 aromatic heterocycles. The van der Waals surface area contributed by atoms with Gasteiger partial charge >= 0.3 is 5.97 Å². The molecule has 0 saturated carbocycles. The molecular formula is C25H23Cl2N5O3. The van der Waals surface area contributed by atoms with Gasteiger partial charge in [-0.25, -0.2) is 14.8 Å². The fourth-order valence-corrected chi connectivity index (χ4v) is 3.95. The summed E-state index contributed by atoms with van der Waals surface area (Å²) in [5.74, 6) is 1.69. The van der Waals surface area contributed by atoms with E-state index in [9.17, 15) is 9.90 Å². The van der Waals surface area contributed by atoms with Gasteiger partial charge in [-0.05, 0) is 56.3 Å². The van der Waals surface area contributed by atoms with Gasteiger partial charge in [-0.15, -0.1) is 0 Å². The Balaban J connectivity index is 1.63. The van der Waals surface area contributed by atoms with Gasteiger partial charge < -0.3 is 25.5 Å². The number of carboxylic acid groups (broad SMARTS) is 1. The number of nitrogens with one attached hydrogen (secondary N) is 3. The molecule has 0 spiro atoms. The second-order valence-corrected chi connectivity index (χ2v) is 8.66. The molecule has 4 rings (SSSR count). The van der Waals surface area contributed by atoms with Crippen molar-refractivity contribution in [3.05, 3.63) is 81.3 Å². The average molecular weight is 512 g/mol. The van der Waals surface area contributed by atoms with E-state index in [-0.39, 0.29) is 5.56 Å². The lowest BCUT2D eigenvalue weighted by molar-refractivity contribution is 0.0698. The maximum Gasteiger partial charge on any atom is 0.337 e. The van der Waals surface area contributed by atoms with Crippen molar-refractivity contribution in [3.8, 4) is 11.3 Å². The lowest BCUT2D eigenvalue weighted by atomic mass is 10.1. The predicted octanol–water partition coefficient (Wildman–Crippen LogP) is 6.76. The molecule has 0 aliphatic carbocycles. The molecule has 35 heavy (non-hydrogen) atoms. The standard InChI is InChI=1S/C25H23Cl2N5O3/c1-13-4-8-20(18(10-13)25(33)34)32-24-22(23(28-3)30-14(2)31-24)29-12-16-6-9-21(35-16)17-11-15(26)5-7-19(17)27/h4-11,29H,12H2,1-3H3,(H,33,34)(H2,28,30,31,32). The molecule has 180 valence electrons. The van der Waals surface area contributed by atoms with Crippen LogP contribution in [0.4, 0.5) is 23.0 Å². The van der Waals surface area contributed by atoms with E-state index >= 15 is 0 Å². The number of nitrogens with zero attached hydrogens (tertiary/aromatic N) is 2. The fourth-order valence-electron chi connectivity index (χ4n) is 3.56. The summed E-state index contributed by atoms with van der Waals surface area (Å²) in [6.45, 7) is 3.91. The lowest BCUT2D eigenvalue weighted by Crippen LogP contribution is -2.11. The van der Waals surface area contributed by atoms with Gasteiger partial charge in [-0.2, -0.15) is 0 Å². The molecule has 2 aromatic carbocycles. The molecule has 0 fully saturated rings. The molecule has 4 N–H and O–H groups in total. The molecule has 0 aliphatic rings. The Kier molecular flexibility index (Phi) is 7.14. The minimum absolute atomic E-state index is 0.146. The number of halogens is 2. The molecule has 0 amide bonds. The van der Waals surface area contributed by atoms with Gasteiger partial charge in [-0.1, -0.05) is 34.8 Å². The Morgan fingerprint density at radius 2 is 1.80 bits per heavy atom. The highest BCUT2D eigenvalue weighted by Crippen LogP contribution is 2.34. The van der Waals surface area contributed by atoms with E-state index in [1.165, 1.54) is 0 Å². The van der Waals surface area contributed by atoms with Gasteiger partial charge in [0.15, 0.2) is 11.6 Å². The molecule has 0 atom stereocenters. The average Bonchev–Trinajstić information content (AvgIpc) is 3.29. The second-order valence-electron chi connectivity index (χ2n) is 7.82. The fraction of sp³-hybridized carbons (Fsp3) is 0.160. The van der Waals surface area contributed by atoms with E-state index in [0.717, 1.165) is 5.56 Å². The summed E-state index contributed by atoms with van der Waals surface area (Å²) >= 11 is 12.4. The maximum atomic E-state index is 11.8. The number of hydrogen-bond donors (Lipinski definition) is 4. The molecule has 0 aliphatic heterocycles. The van der Waals surface area contributed by atoms with E-state index in [4.69, 9.17) is 27.6 Å². The zero-order valence-electron chi connectivity index (χ0n) is 19.2. The van der Waals surface area contributed by atoms with Crippen LogP contribution in [0.15, 0.2) is 52.9 Å². The largest absolute Gasteiger partial charge is 0.478 e. The Labute approximate surface area is 212 Å². The number of carbonyl (C=O) groups is 1. The van der Waals surface area contributed by atoms with Gasteiger partial charge in [-0.3, -0.25) is 0 Å². The predicted molar refractivity (Wildman–Crippen MR) is 139 cm³/mol. The number of anilines is 4. The highest BCUT2D eigenvalue weighted by Gasteiger charge is 2.17. The monoisotopic (exact) mass is 511 g/mol. The van der Waals surface area contributed by atoms with Crippen molar-refractivity contribution < 1.29 is 14.3 Å². The van der Waals surface area contributed by atoms with Crippen LogP contribution in [-0.2, 0) is 6.54 Å². The second kappa shape index (κ2) is 10.2. The van der Waals surface area contributed by atoms with Crippen LogP contribution in [0.2, 0.25) is 10.0 Å². The van der Waals surface area contributed by atoms with Crippen LogP contribution in [-0.4, -0.2) is 28.1 Å². The first-order valence-corrected chi connectivity index (χ1v) is 11.5. The van der Waals surface area contributed by atoms with Gasteiger partial charge in [0.05, 0.1) is 22.8 Å². The Morgan fingerprint density at radius 3 is 2.54 bits per heavy atom. The minimum Gasteiger partial charge on any atom is -0.478 e. The van der Waals surface area contributed by atoms with Crippen LogP contribution in [0.1, 0.15) is 27.5 Å². The Hall–Kier alpha value is -3.75. The van der Waals surface area contributed by atoms with E-state index < -0.39 is 5.97 Å². The zero-order valence-corrected chi connectivity index (χ0v) is 20.8. The Morgan fingerprint density at radius 1 is 1.03 bits per heavy atom. The highest BCUT2D eigenvalue weighted by molar-refractivity contribution is 6.35. The van der Waals surface area contributed by atoms with Gasteiger partial charge in [0, 0.05) is 17.6 Å².